The van der Waals surface area contributed by atoms with Gasteiger partial charge < -0.3 is 9.64 Å². The van der Waals surface area contributed by atoms with Gasteiger partial charge in [0.05, 0.1) is 12.1 Å². The van der Waals surface area contributed by atoms with E-state index >= 15 is 0 Å². The molecule has 0 radical (unpaired) electrons. The van der Waals surface area contributed by atoms with Gasteiger partial charge in [0, 0.05) is 5.70 Å². The summed E-state index contributed by atoms with van der Waals surface area (Å²) in [5.41, 5.74) is 0.545. The molecular weight excluding hydrogens is 154 g/mol. The zero-order valence-corrected chi connectivity index (χ0v) is 7.89. The van der Waals surface area contributed by atoms with E-state index in [0.29, 0.717) is 6.54 Å². The summed E-state index contributed by atoms with van der Waals surface area (Å²) in [5.74, 6) is 0.00169. The number of rotatable bonds is 1. The van der Waals surface area contributed by atoms with Crippen molar-refractivity contribution in [3.63, 3.8) is 0 Å². The monoisotopic (exact) mass is 169 g/mol. The molecule has 1 aliphatic rings. The van der Waals surface area contributed by atoms with Gasteiger partial charge in [-0.2, -0.15) is 0 Å². The lowest BCUT2D eigenvalue weighted by molar-refractivity contribution is -0.155. The fourth-order valence-corrected chi connectivity index (χ4v) is 1.20. The van der Waals surface area contributed by atoms with Crippen LogP contribution in [-0.2, 0) is 9.53 Å². The summed E-state index contributed by atoms with van der Waals surface area (Å²) in [5, 5.41) is 0. The molecule has 0 saturated carbocycles. The number of hydrogen-bond acceptors (Lipinski definition) is 2. The van der Waals surface area contributed by atoms with E-state index in [9.17, 15) is 4.79 Å². The maximum absolute atomic E-state index is 11.3. The Balaban J connectivity index is 2.72. The molecular formula is C9H15NO2. The van der Waals surface area contributed by atoms with E-state index < -0.39 is 0 Å². The summed E-state index contributed by atoms with van der Waals surface area (Å²) in [6.45, 7) is 10.3. The van der Waals surface area contributed by atoms with Gasteiger partial charge in [0.25, 0.3) is 5.91 Å². The molecule has 68 valence electrons. The average molecular weight is 169 g/mol. The minimum atomic E-state index is -0.243. The molecule has 12 heavy (non-hydrogen) atoms. The highest BCUT2D eigenvalue weighted by Gasteiger charge is 2.32. The quantitative estimate of drug-likeness (QED) is 0.589. The number of morpholine rings is 1. The first-order valence-electron chi connectivity index (χ1n) is 4.02. The summed E-state index contributed by atoms with van der Waals surface area (Å²) < 4.78 is 5.33. The van der Waals surface area contributed by atoms with Gasteiger partial charge in [0.15, 0.2) is 0 Å². The predicted molar refractivity (Wildman–Crippen MR) is 46.6 cm³/mol. The second kappa shape index (κ2) is 2.90. The van der Waals surface area contributed by atoms with Crippen molar-refractivity contribution in [1.82, 2.24) is 4.90 Å². The molecule has 1 fully saturated rings. The Labute approximate surface area is 73.0 Å². The van der Waals surface area contributed by atoms with Gasteiger partial charge >= 0.3 is 0 Å². The van der Waals surface area contributed by atoms with Crippen LogP contribution in [0.2, 0.25) is 0 Å². The Morgan fingerprint density at radius 2 is 2.25 bits per heavy atom. The largest absolute Gasteiger partial charge is 0.364 e. The van der Waals surface area contributed by atoms with Crippen molar-refractivity contribution in [3.8, 4) is 0 Å². The highest BCUT2D eigenvalue weighted by molar-refractivity contribution is 5.79. The Bertz CT molecular complexity index is 221. The minimum Gasteiger partial charge on any atom is -0.364 e. The molecule has 0 unspecified atom stereocenters. The van der Waals surface area contributed by atoms with Gasteiger partial charge in [-0.05, 0) is 20.8 Å². The summed E-state index contributed by atoms with van der Waals surface area (Å²) in [7, 11) is 0. The van der Waals surface area contributed by atoms with Gasteiger partial charge in [0.2, 0.25) is 0 Å². The molecule has 0 atom stereocenters. The van der Waals surface area contributed by atoms with Crippen molar-refractivity contribution in [1.29, 1.82) is 0 Å². The third kappa shape index (κ3) is 1.85. The lowest BCUT2D eigenvalue weighted by Crippen LogP contribution is -2.50. The number of carbonyl (C=O) groups excluding carboxylic acids is 1. The fourth-order valence-electron chi connectivity index (χ4n) is 1.20. The molecule has 1 saturated heterocycles. The van der Waals surface area contributed by atoms with Crippen LogP contribution in [0.5, 0.6) is 0 Å². The molecule has 1 aliphatic heterocycles. The van der Waals surface area contributed by atoms with Crippen LogP contribution in [0.3, 0.4) is 0 Å². The molecule has 0 aromatic rings. The third-order valence-electron chi connectivity index (χ3n) is 1.89. The Morgan fingerprint density at radius 1 is 1.67 bits per heavy atom. The SMILES string of the molecule is C=C(C)N1CC(C)(C)OCC1=O. The lowest BCUT2D eigenvalue weighted by atomic mass is 10.1. The Morgan fingerprint density at radius 3 is 2.67 bits per heavy atom. The van der Waals surface area contributed by atoms with E-state index in [0.717, 1.165) is 5.70 Å². The number of amides is 1. The van der Waals surface area contributed by atoms with Crippen LogP contribution in [0, 0.1) is 0 Å². The van der Waals surface area contributed by atoms with Crippen LogP contribution in [0.1, 0.15) is 20.8 Å². The van der Waals surface area contributed by atoms with Gasteiger partial charge in [-0.1, -0.05) is 6.58 Å². The number of nitrogens with zero attached hydrogens (tertiary/aromatic N) is 1. The summed E-state index contributed by atoms with van der Waals surface area (Å²) in [6.07, 6.45) is 0. The number of ether oxygens (including phenoxy) is 1. The molecule has 0 spiro atoms. The topological polar surface area (TPSA) is 29.5 Å². The second-order valence-electron chi connectivity index (χ2n) is 3.76. The first kappa shape index (κ1) is 9.26. The van der Waals surface area contributed by atoms with Crippen molar-refractivity contribution in [3.05, 3.63) is 12.3 Å². The maximum atomic E-state index is 11.3. The smallest absolute Gasteiger partial charge is 0.252 e. The molecule has 0 aromatic heterocycles. The Hall–Kier alpha value is -0.830. The van der Waals surface area contributed by atoms with E-state index in [1.54, 1.807) is 4.90 Å². The molecule has 1 rings (SSSR count). The lowest BCUT2D eigenvalue weighted by Gasteiger charge is -2.37. The van der Waals surface area contributed by atoms with E-state index in [4.69, 9.17) is 4.74 Å². The van der Waals surface area contributed by atoms with Gasteiger partial charge in [-0.3, -0.25) is 4.79 Å². The fraction of sp³-hybridized carbons (Fsp3) is 0.667. The van der Waals surface area contributed by atoms with E-state index in [1.165, 1.54) is 0 Å². The molecule has 1 amide bonds. The molecule has 0 aromatic carbocycles. The highest BCUT2D eigenvalue weighted by atomic mass is 16.5. The normalized spacial score (nSPS) is 22.6. The van der Waals surface area contributed by atoms with Crippen molar-refractivity contribution >= 4 is 5.91 Å². The number of hydrogen-bond donors (Lipinski definition) is 0. The highest BCUT2D eigenvalue weighted by Crippen LogP contribution is 2.19. The molecule has 0 bridgehead atoms. The average Bonchev–Trinajstić information content (AvgIpc) is 1.94. The minimum absolute atomic E-state index is 0.00169. The molecule has 0 N–H and O–H groups in total. The zero-order valence-electron chi connectivity index (χ0n) is 7.89. The van der Waals surface area contributed by atoms with Gasteiger partial charge in [-0.25, -0.2) is 0 Å². The van der Waals surface area contributed by atoms with Gasteiger partial charge in [0.1, 0.15) is 6.61 Å². The van der Waals surface area contributed by atoms with Gasteiger partial charge in [-0.15, -0.1) is 0 Å². The van der Waals surface area contributed by atoms with E-state index in [2.05, 4.69) is 6.58 Å². The zero-order chi connectivity index (χ0) is 9.35. The second-order valence-corrected chi connectivity index (χ2v) is 3.76. The van der Waals surface area contributed by atoms with Crippen molar-refractivity contribution < 1.29 is 9.53 Å². The third-order valence-corrected chi connectivity index (χ3v) is 1.89. The summed E-state index contributed by atoms with van der Waals surface area (Å²) in [6, 6.07) is 0. The number of carbonyl (C=O) groups is 1. The van der Waals surface area contributed by atoms with E-state index in [-0.39, 0.29) is 18.1 Å². The number of allylic oxidation sites excluding steroid dienone is 1. The van der Waals surface area contributed by atoms with E-state index in [1.807, 2.05) is 20.8 Å². The Kier molecular flexibility index (Phi) is 2.24. The van der Waals surface area contributed by atoms with Crippen molar-refractivity contribution in [2.45, 2.75) is 26.4 Å². The van der Waals surface area contributed by atoms with Crippen molar-refractivity contribution in [2.24, 2.45) is 0 Å². The van der Waals surface area contributed by atoms with Crippen LogP contribution in [0.15, 0.2) is 12.3 Å². The van der Waals surface area contributed by atoms with Crippen LogP contribution in [0.25, 0.3) is 0 Å². The first-order chi connectivity index (χ1) is 5.42. The first-order valence-corrected chi connectivity index (χ1v) is 4.02. The van der Waals surface area contributed by atoms with Crippen LogP contribution in [0.4, 0.5) is 0 Å². The molecule has 3 heteroatoms. The molecule has 3 nitrogen and oxygen atoms in total. The van der Waals surface area contributed by atoms with Crippen LogP contribution in [-0.4, -0.2) is 29.6 Å². The van der Waals surface area contributed by atoms with Crippen molar-refractivity contribution in [2.75, 3.05) is 13.2 Å². The standard InChI is InChI=1S/C9H15NO2/c1-7(2)10-6-9(3,4)12-5-8(10)11/h1,5-6H2,2-4H3. The summed E-state index contributed by atoms with van der Waals surface area (Å²) >= 11 is 0. The predicted octanol–water partition coefficient (Wildman–Crippen LogP) is 1.16. The van der Waals surface area contributed by atoms with Crippen LogP contribution >= 0.6 is 0 Å². The molecule has 0 aliphatic carbocycles. The summed E-state index contributed by atoms with van der Waals surface area (Å²) in [4.78, 5) is 12.9. The maximum Gasteiger partial charge on any atom is 0.252 e. The van der Waals surface area contributed by atoms with Crippen LogP contribution < -0.4 is 0 Å². The molecule has 1 heterocycles.